The van der Waals surface area contributed by atoms with E-state index in [4.69, 9.17) is 9.47 Å². The molecule has 3 aromatic rings. The number of halogens is 3. The predicted molar refractivity (Wildman–Crippen MR) is 135 cm³/mol. The van der Waals surface area contributed by atoms with Crippen molar-refractivity contribution < 1.29 is 9.47 Å². The maximum absolute atomic E-state index is 13.0. The van der Waals surface area contributed by atoms with E-state index in [-0.39, 0.29) is 11.0 Å². The molecule has 0 fully saturated rings. The van der Waals surface area contributed by atoms with Crippen LogP contribution in [0.1, 0.15) is 32.2 Å². The maximum Gasteiger partial charge on any atom is 0.282 e. The Hall–Kier alpha value is -1.71. The van der Waals surface area contributed by atoms with Gasteiger partial charge in [0.25, 0.3) is 5.56 Å². The van der Waals surface area contributed by atoms with E-state index in [1.165, 1.54) is 4.68 Å². The Morgan fingerprint density at radius 1 is 1.16 bits per heavy atom. The molecule has 9 heteroatoms. The van der Waals surface area contributed by atoms with Crippen molar-refractivity contribution in [1.82, 2.24) is 9.66 Å². The molecule has 2 aromatic carbocycles. The molecule has 0 amide bonds. The fraction of sp³-hybridized carbons (Fsp3) is 0.318. The average molecular weight is 616 g/mol. The standard InChI is InChI=1S/C22H22Br3N3O3/c1-12-27-16-7-6-14(23)9-15(16)21(29)28(12)26-10-13-8-17(30-5)20(19(25)18(13)24)31-11-22(2,3)4/h6-10H,11H2,1-5H3. The van der Waals surface area contributed by atoms with Crippen molar-refractivity contribution in [2.24, 2.45) is 10.5 Å². The van der Waals surface area contributed by atoms with Crippen LogP contribution in [0.5, 0.6) is 11.5 Å². The van der Waals surface area contributed by atoms with Crippen LogP contribution in [0.25, 0.3) is 10.9 Å². The molecule has 0 atom stereocenters. The molecule has 1 aromatic heterocycles. The number of benzene rings is 2. The third-order valence-electron chi connectivity index (χ3n) is 4.31. The minimum absolute atomic E-state index is 0.00612. The Morgan fingerprint density at radius 2 is 1.87 bits per heavy atom. The van der Waals surface area contributed by atoms with Crippen LogP contribution >= 0.6 is 47.8 Å². The number of ether oxygens (including phenoxy) is 2. The lowest BCUT2D eigenvalue weighted by molar-refractivity contribution is 0.190. The van der Waals surface area contributed by atoms with Crippen molar-refractivity contribution >= 4 is 64.9 Å². The Bertz CT molecular complexity index is 1230. The molecule has 31 heavy (non-hydrogen) atoms. The largest absolute Gasteiger partial charge is 0.493 e. The average Bonchev–Trinajstić information content (AvgIpc) is 2.69. The van der Waals surface area contributed by atoms with Crippen LogP contribution in [0.15, 0.2) is 47.6 Å². The summed E-state index contributed by atoms with van der Waals surface area (Å²) in [6, 6.07) is 7.21. The van der Waals surface area contributed by atoms with Gasteiger partial charge in [0.2, 0.25) is 0 Å². The van der Waals surface area contributed by atoms with Crippen molar-refractivity contribution in [2.45, 2.75) is 27.7 Å². The quantitative estimate of drug-likeness (QED) is 0.316. The number of aryl methyl sites for hydroxylation is 1. The summed E-state index contributed by atoms with van der Waals surface area (Å²) in [5.41, 5.74) is 1.09. The number of hydrogen-bond donors (Lipinski definition) is 0. The van der Waals surface area contributed by atoms with Crippen molar-refractivity contribution in [3.05, 3.63) is 59.4 Å². The third-order valence-corrected chi connectivity index (χ3v) is 6.94. The smallest absolute Gasteiger partial charge is 0.282 e. The molecule has 6 nitrogen and oxygen atoms in total. The molecule has 0 spiro atoms. The summed E-state index contributed by atoms with van der Waals surface area (Å²) in [6.07, 6.45) is 1.59. The number of methoxy groups -OCH3 is 1. The summed E-state index contributed by atoms with van der Waals surface area (Å²) < 4.78 is 15.1. The fourth-order valence-electron chi connectivity index (χ4n) is 2.79. The van der Waals surface area contributed by atoms with E-state index >= 15 is 0 Å². The molecule has 3 rings (SSSR count). The van der Waals surface area contributed by atoms with E-state index in [9.17, 15) is 4.79 Å². The molecular weight excluding hydrogens is 594 g/mol. The Kier molecular flexibility index (Phi) is 7.28. The minimum Gasteiger partial charge on any atom is -0.493 e. The molecule has 0 N–H and O–H groups in total. The van der Waals surface area contributed by atoms with Gasteiger partial charge in [0.1, 0.15) is 5.82 Å². The number of aromatic nitrogens is 2. The van der Waals surface area contributed by atoms with Crippen LogP contribution in [-0.4, -0.2) is 29.6 Å². The number of hydrogen-bond acceptors (Lipinski definition) is 5. The van der Waals surface area contributed by atoms with E-state index in [0.29, 0.717) is 44.9 Å². The van der Waals surface area contributed by atoms with Crippen LogP contribution in [-0.2, 0) is 0 Å². The minimum atomic E-state index is -0.243. The number of fused-ring (bicyclic) bond motifs is 1. The first-order valence-corrected chi connectivity index (χ1v) is 11.8. The van der Waals surface area contributed by atoms with Gasteiger partial charge in [0.15, 0.2) is 11.5 Å². The second-order valence-electron chi connectivity index (χ2n) is 8.16. The monoisotopic (exact) mass is 613 g/mol. The highest BCUT2D eigenvalue weighted by Crippen LogP contribution is 2.42. The van der Waals surface area contributed by atoms with Crippen molar-refractivity contribution in [2.75, 3.05) is 13.7 Å². The highest BCUT2D eigenvalue weighted by atomic mass is 79.9. The molecule has 0 radical (unpaired) electrons. The zero-order valence-electron chi connectivity index (χ0n) is 17.8. The molecule has 164 valence electrons. The number of nitrogens with zero attached hydrogens (tertiary/aromatic N) is 3. The second kappa shape index (κ2) is 9.42. The van der Waals surface area contributed by atoms with Crippen molar-refractivity contribution in [1.29, 1.82) is 0 Å². The van der Waals surface area contributed by atoms with Crippen LogP contribution in [0.4, 0.5) is 0 Å². The van der Waals surface area contributed by atoms with Crippen molar-refractivity contribution in [3.63, 3.8) is 0 Å². The Balaban J connectivity index is 2.05. The van der Waals surface area contributed by atoms with Gasteiger partial charge in [-0.25, -0.2) is 4.98 Å². The zero-order chi connectivity index (χ0) is 22.9. The molecule has 0 unspecified atom stereocenters. The Labute approximate surface area is 206 Å². The first kappa shape index (κ1) is 23.9. The van der Waals surface area contributed by atoms with Gasteiger partial charge in [-0.1, -0.05) is 36.7 Å². The first-order chi connectivity index (χ1) is 14.5. The van der Waals surface area contributed by atoms with Gasteiger partial charge in [-0.3, -0.25) is 4.79 Å². The van der Waals surface area contributed by atoms with Gasteiger partial charge in [-0.15, -0.1) is 0 Å². The van der Waals surface area contributed by atoms with Gasteiger partial charge in [-0.2, -0.15) is 9.78 Å². The van der Waals surface area contributed by atoms with Crippen molar-refractivity contribution in [3.8, 4) is 11.5 Å². The summed E-state index contributed by atoms with van der Waals surface area (Å²) in [5.74, 6) is 1.65. The topological polar surface area (TPSA) is 65.7 Å². The van der Waals surface area contributed by atoms with Gasteiger partial charge >= 0.3 is 0 Å². The second-order valence-corrected chi connectivity index (χ2v) is 10.7. The van der Waals surface area contributed by atoms with Gasteiger partial charge in [0, 0.05) is 14.5 Å². The Morgan fingerprint density at radius 3 is 2.52 bits per heavy atom. The third kappa shape index (κ3) is 5.38. The van der Waals surface area contributed by atoms with E-state index in [1.807, 2.05) is 12.1 Å². The molecule has 0 saturated heterocycles. The van der Waals surface area contributed by atoms with Crippen LogP contribution < -0.4 is 15.0 Å². The summed E-state index contributed by atoms with van der Waals surface area (Å²) in [5, 5.41) is 4.89. The highest BCUT2D eigenvalue weighted by molar-refractivity contribution is 9.13. The lowest BCUT2D eigenvalue weighted by atomic mass is 9.99. The van der Waals surface area contributed by atoms with Gasteiger partial charge in [0.05, 0.1) is 35.3 Å². The lowest BCUT2D eigenvalue weighted by Crippen LogP contribution is -2.20. The van der Waals surface area contributed by atoms with Gasteiger partial charge in [-0.05, 0) is 68.5 Å². The highest BCUT2D eigenvalue weighted by Gasteiger charge is 2.19. The van der Waals surface area contributed by atoms with Gasteiger partial charge < -0.3 is 9.47 Å². The molecule has 0 saturated carbocycles. The van der Waals surface area contributed by atoms with E-state index < -0.39 is 0 Å². The molecule has 1 heterocycles. The molecular formula is C22H22Br3N3O3. The summed E-state index contributed by atoms with van der Waals surface area (Å²) in [4.78, 5) is 17.4. The van der Waals surface area contributed by atoms with Crippen LogP contribution in [0.2, 0.25) is 0 Å². The summed E-state index contributed by atoms with van der Waals surface area (Å²) >= 11 is 10.6. The van der Waals surface area contributed by atoms with E-state index in [2.05, 4.69) is 78.6 Å². The fourth-order valence-corrected chi connectivity index (χ4v) is 4.09. The predicted octanol–water partition coefficient (Wildman–Crippen LogP) is 6.31. The zero-order valence-corrected chi connectivity index (χ0v) is 22.6. The molecule has 0 bridgehead atoms. The molecule has 0 aliphatic rings. The number of rotatable bonds is 5. The SMILES string of the molecule is COc1cc(C=Nn2c(C)nc3ccc(Br)cc3c2=O)c(Br)c(Br)c1OCC(C)(C)C. The molecule has 0 aliphatic carbocycles. The summed E-state index contributed by atoms with van der Waals surface area (Å²) in [6.45, 7) is 8.56. The molecule has 0 aliphatic heterocycles. The first-order valence-electron chi connectivity index (χ1n) is 9.44. The summed E-state index contributed by atoms with van der Waals surface area (Å²) in [7, 11) is 1.58. The van der Waals surface area contributed by atoms with E-state index in [1.54, 1.807) is 32.4 Å². The normalized spacial score (nSPS) is 12.0. The van der Waals surface area contributed by atoms with E-state index in [0.717, 1.165) is 8.95 Å². The van der Waals surface area contributed by atoms with Crippen LogP contribution in [0, 0.1) is 12.3 Å². The van der Waals surface area contributed by atoms with Crippen LogP contribution in [0.3, 0.4) is 0 Å². The maximum atomic E-state index is 13.0. The lowest BCUT2D eigenvalue weighted by Gasteiger charge is -2.21.